The topological polar surface area (TPSA) is 33.2 Å². The van der Waals surface area contributed by atoms with E-state index in [0.29, 0.717) is 5.15 Å². The van der Waals surface area contributed by atoms with Crippen molar-refractivity contribution in [1.29, 1.82) is 0 Å². The van der Waals surface area contributed by atoms with Crippen LogP contribution in [0.4, 0.5) is 5.69 Å². The number of rotatable bonds is 5. The van der Waals surface area contributed by atoms with Gasteiger partial charge in [0.15, 0.2) is 0 Å². The van der Waals surface area contributed by atoms with E-state index in [9.17, 15) is 4.79 Å². The SMILES string of the molecule is CCCSc1cc(Cl)ncc1N(C)C=O. The molecule has 3 nitrogen and oxygen atoms in total. The third-order valence-electron chi connectivity index (χ3n) is 1.81. The Morgan fingerprint density at radius 3 is 3.00 bits per heavy atom. The summed E-state index contributed by atoms with van der Waals surface area (Å²) in [6.07, 6.45) is 3.46. The quantitative estimate of drug-likeness (QED) is 0.454. The number of nitrogens with zero attached hydrogens (tertiary/aromatic N) is 2. The van der Waals surface area contributed by atoms with Gasteiger partial charge < -0.3 is 4.90 Å². The van der Waals surface area contributed by atoms with Crippen LogP contribution in [0, 0.1) is 0 Å². The van der Waals surface area contributed by atoms with Crippen molar-refractivity contribution < 1.29 is 4.79 Å². The Morgan fingerprint density at radius 1 is 1.67 bits per heavy atom. The van der Waals surface area contributed by atoms with Gasteiger partial charge in [-0.2, -0.15) is 0 Å². The maximum Gasteiger partial charge on any atom is 0.213 e. The molecular weight excluding hydrogens is 232 g/mol. The van der Waals surface area contributed by atoms with Gasteiger partial charge in [0.2, 0.25) is 6.41 Å². The molecule has 82 valence electrons. The minimum absolute atomic E-state index is 0.455. The summed E-state index contributed by atoms with van der Waals surface area (Å²) < 4.78 is 0. The zero-order valence-corrected chi connectivity index (χ0v) is 10.3. The van der Waals surface area contributed by atoms with Crippen molar-refractivity contribution in [1.82, 2.24) is 4.98 Å². The third kappa shape index (κ3) is 3.39. The molecule has 0 aliphatic heterocycles. The van der Waals surface area contributed by atoms with Crippen LogP contribution >= 0.6 is 23.4 Å². The van der Waals surface area contributed by atoms with Crippen LogP contribution < -0.4 is 4.90 Å². The number of hydrogen-bond donors (Lipinski definition) is 0. The highest BCUT2D eigenvalue weighted by atomic mass is 35.5. The number of aromatic nitrogens is 1. The van der Waals surface area contributed by atoms with E-state index in [2.05, 4.69) is 11.9 Å². The third-order valence-corrected chi connectivity index (χ3v) is 3.27. The molecule has 1 aromatic rings. The summed E-state index contributed by atoms with van der Waals surface area (Å²) in [7, 11) is 1.70. The van der Waals surface area contributed by atoms with Crippen molar-refractivity contribution in [3.8, 4) is 0 Å². The predicted molar refractivity (Wildman–Crippen MR) is 64.7 cm³/mol. The fourth-order valence-electron chi connectivity index (χ4n) is 1.06. The molecule has 1 rings (SSSR count). The Kier molecular flexibility index (Phi) is 4.91. The van der Waals surface area contributed by atoms with Crippen LogP contribution in [0.1, 0.15) is 13.3 Å². The zero-order valence-electron chi connectivity index (χ0n) is 8.74. The molecule has 1 amide bonds. The lowest BCUT2D eigenvalue weighted by Gasteiger charge is -2.14. The summed E-state index contributed by atoms with van der Waals surface area (Å²) in [6.45, 7) is 2.11. The van der Waals surface area contributed by atoms with Crippen LogP contribution in [-0.2, 0) is 4.79 Å². The molecule has 5 heteroatoms. The average molecular weight is 245 g/mol. The van der Waals surface area contributed by atoms with Crippen molar-refractivity contribution >= 4 is 35.5 Å². The summed E-state index contributed by atoms with van der Waals surface area (Å²) >= 11 is 7.49. The zero-order chi connectivity index (χ0) is 11.3. The van der Waals surface area contributed by atoms with Gasteiger partial charge in [-0.25, -0.2) is 4.98 Å². The summed E-state index contributed by atoms with van der Waals surface area (Å²) in [5.41, 5.74) is 0.799. The van der Waals surface area contributed by atoms with Crippen molar-refractivity contribution in [3.63, 3.8) is 0 Å². The first-order valence-electron chi connectivity index (χ1n) is 4.65. The maximum absolute atomic E-state index is 10.7. The van der Waals surface area contributed by atoms with Gasteiger partial charge in [0.05, 0.1) is 11.9 Å². The standard InChI is InChI=1S/C10H13ClN2OS/c1-3-4-15-9-5-10(11)12-6-8(9)13(2)7-14/h5-7H,3-4H2,1-2H3. The molecule has 1 heterocycles. The lowest BCUT2D eigenvalue weighted by molar-refractivity contribution is -0.107. The molecule has 0 N–H and O–H groups in total. The lowest BCUT2D eigenvalue weighted by Crippen LogP contribution is -2.14. The highest BCUT2D eigenvalue weighted by Crippen LogP contribution is 2.30. The van der Waals surface area contributed by atoms with Crippen LogP contribution in [0.5, 0.6) is 0 Å². The van der Waals surface area contributed by atoms with E-state index >= 15 is 0 Å². The Labute approximate surface area is 98.8 Å². The van der Waals surface area contributed by atoms with E-state index in [0.717, 1.165) is 29.2 Å². The Bertz CT molecular complexity index is 346. The van der Waals surface area contributed by atoms with E-state index in [1.54, 1.807) is 31.1 Å². The number of carbonyl (C=O) groups excluding carboxylic acids is 1. The monoisotopic (exact) mass is 244 g/mol. The Balaban J connectivity index is 2.97. The van der Waals surface area contributed by atoms with Crippen molar-refractivity contribution in [2.75, 3.05) is 17.7 Å². The summed E-state index contributed by atoms with van der Waals surface area (Å²) in [6, 6.07) is 1.79. The molecule has 0 fully saturated rings. The number of hydrogen-bond acceptors (Lipinski definition) is 3. The highest BCUT2D eigenvalue weighted by molar-refractivity contribution is 7.99. The number of carbonyl (C=O) groups is 1. The fraction of sp³-hybridized carbons (Fsp3) is 0.400. The van der Waals surface area contributed by atoms with Crippen molar-refractivity contribution in [2.24, 2.45) is 0 Å². The first kappa shape index (κ1) is 12.3. The second-order valence-electron chi connectivity index (χ2n) is 3.04. The second kappa shape index (κ2) is 5.98. The van der Waals surface area contributed by atoms with Gasteiger partial charge in [0, 0.05) is 11.9 Å². The molecular formula is C10H13ClN2OS. The lowest BCUT2D eigenvalue weighted by atomic mass is 10.4. The molecule has 0 unspecified atom stereocenters. The van der Waals surface area contributed by atoms with Gasteiger partial charge in [-0.1, -0.05) is 18.5 Å². The summed E-state index contributed by atoms with van der Waals surface area (Å²) in [4.78, 5) is 17.1. The van der Waals surface area contributed by atoms with Crippen LogP contribution in [0.3, 0.4) is 0 Å². The molecule has 0 aliphatic carbocycles. The van der Waals surface area contributed by atoms with E-state index in [1.807, 2.05) is 0 Å². The van der Waals surface area contributed by atoms with Gasteiger partial charge >= 0.3 is 0 Å². The summed E-state index contributed by atoms with van der Waals surface area (Å²) in [5.74, 6) is 1.00. The molecule has 0 radical (unpaired) electrons. The first-order valence-corrected chi connectivity index (χ1v) is 6.02. The molecule has 1 aromatic heterocycles. The molecule has 0 spiro atoms. The number of halogens is 1. The van der Waals surface area contributed by atoms with E-state index in [1.165, 1.54) is 4.90 Å². The smallest absolute Gasteiger partial charge is 0.213 e. The predicted octanol–water partition coefficient (Wildman–Crippen LogP) is 2.83. The molecule has 0 bridgehead atoms. The first-order chi connectivity index (χ1) is 7.19. The molecule has 0 aromatic carbocycles. The largest absolute Gasteiger partial charge is 0.316 e. The van der Waals surface area contributed by atoms with Crippen LogP contribution in [0.25, 0.3) is 0 Å². The molecule has 0 aliphatic rings. The van der Waals surface area contributed by atoms with E-state index < -0.39 is 0 Å². The average Bonchev–Trinajstić information content (AvgIpc) is 2.25. The molecule has 0 atom stereocenters. The van der Waals surface area contributed by atoms with Crippen LogP contribution in [0.2, 0.25) is 5.15 Å². The van der Waals surface area contributed by atoms with Gasteiger partial charge in [-0.15, -0.1) is 11.8 Å². The van der Waals surface area contributed by atoms with E-state index in [-0.39, 0.29) is 0 Å². The Hall–Kier alpha value is -0.740. The number of pyridine rings is 1. The second-order valence-corrected chi connectivity index (χ2v) is 4.56. The highest BCUT2D eigenvalue weighted by Gasteiger charge is 2.08. The minimum Gasteiger partial charge on any atom is -0.316 e. The Morgan fingerprint density at radius 2 is 2.40 bits per heavy atom. The van der Waals surface area contributed by atoms with Crippen molar-refractivity contribution in [3.05, 3.63) is 17.4 Å². The minimum atomic E-state index is 0.455. The van der Waals surface area contributed by atoms with Gasteiger partial charge in [0.1, 0.15) is 5.15 Å². The van der Waals surface area contributed by atoms with Crippen LogP contribution in [-0.4, -0.2) is 24.2 Å². The number of thioether (sulfide) groups is 1. The number of amides is 1. The fourth-order valence-corrected chi connectivity index (χ4v) is 2.24. The van der Waals surface area contributed by atoms with Crippen molar-refractivity contribution in [2.45, 2.75) is 18.2 Å². The summed E-state index contributed by atoms with van der Waals surface area (Å²) in [5, 5.41) is 0.455. The van der Waals surface area contributed by atoms with Gasteiger partial charge in [-0.3, -0.25) is 4.79 Å². The number of anilines is 1. The maximum atomic E-state index is 10.7. The van der Waals surface area contributed by atoms with E-state index in [4.69, 9.17) is 11.6 Å². The molecule has 15 heavy (non-hydrogen) atoms. The van der Waals surface area contributed by atoms with Gasteiger partial charge in [0.25, 0.3) is 0 Å². The van der Waals surface area contributed by atoms with Crippen LogP contribution in [0.15, 0.2) is 17.2 Å². The van der Waals surface area contributed by atoms with Gasteiger partial charge in [-0.05, 0) is 18.2 Å². The molecule has 0 saturated carbocycles. The molecule has 0 saturated heterocycles. The normalized spacial score (nSPS) is 10.1.